The number of benzene rings is 2. The molecule has 1 amide bonds. The number of nitrogens with zero attached hydrogens (tertiary/aromatic N) is 3. The van der Waals surface area contributed by atoms with Crippen LogP contribution in [0.2, 0.25) is 5.02 Å². The highest BCUT2D eigenvalue weighted by molar-refractivity contribution is 7.99. The van der Waals surface area contributed by atoms with E-state index in [1.807, 2.05) is 47.0 Å². The van der Waals surface area contributed by atoms with Gasteiger partial charge in [-0.1, -0.05) is 41.6 Å². The van der Waals surface area contributed by atoms with Crippen LogP contribution < -0.4 is 5.32 Å². The minimum atomic E-state index is -3.04. The normalized spacial score (nSPS) is 17.7. The summed E-state index contributed by atoms with van der Waals surface area (Å²) in [5.41, 5.74) is 1.72. The van der Waals surface area contributed by atoms with E-state index in [0.717, 1.165) is 11.3 Å². The number of hydrogen-bond acceptors (Lipinski definition) is 6. The lowest BCUT2D eigenvalue weighted by molar-refractivity contribution is -0.119. The molecular formula is C20H19ClN4O3S2. The van der Waals surface area contributed by atoms with Crippen LogP contribution in [0.4, 0.5) is 0 Å². The van der Waals surface area contributed by atoms with Crippen molar-refractivity contribution in [2.45, 2.75) is 17.6 Å². The molecule has 2 aromatic carbocycles. The van der Waals surface area contributed by atoms with E-state index in [1.54, 1.807) is 12.1 Å². The molecule has 2 heterocycles. The molecule has 1 saturated heterocycles. The molecule has 0 radical (unpaired) electrons. The number of para-hydroxylation sites is 1. The Morgan fingerprint density at radius 3 is 2.53 bits per heavy atom. The van der Waals surface area contributed by atoms with Crippen LogP contribution in [-0.4, -0.2) is 52.4 Å². The van der Waals surface area contributed by atoms with E-state index >= 15 is 0 Å². The Morgan fingerprint density at radius 1 is 1.13 bits per heavy atom. The number of carbonyl (C=O) groups excluding carboxylic acids is 1. The van der Waals surface area contributed by atoms with E-state index in [2.05, 4.69) is 15.5 Å². The van der Waals surface area contributed by atoms with E-state index < -0.39 is 9.84 Å². The zero-order chi connectivity index (χ0) is 21.1. The second-order valence-electron chi connectivity index (χ2n) is 6.94. The summed E-state index contributed by atoms with van der Waals surface area (Å²) in [5, 5.41) is 12.6. The zero-order valence-corrected chi connectivity index (χ0v) is 18.3. The first-order valence-corrected chi connectivity index (χ1v) is 12.5. The molecule has 0 aliphatic carbocycles. The summed E-state index contributed by atoms with van der Waals surface area (Å²) in [6.07, 6.45) is 0.458. The van der Waals surface area contributed by atoms with Crippen molar-refractivity contribution in [1.29, 1.82) is 0 Å². The highest BCUT2D eigenvalue weighted by atomic mass is 35.5. The number of amides is 1. The summed E-state index contributed by atoms with van der Waals surface area (Å²) >= 11 is 7.26. The average molecular weight is 463 g/mol. The smallest absolute Gasteiger partial charge is 0.230 e. The molecule has 1 N–H and O–H groups in total. The highest BCUT2D eigenvalue weighted by Gasteiger charge is 2.29. The van der Waals surface area contributed by atoms with Crippen molar-refractivity contribution < 1.29 is 13.2 Å². The molecular weight excluding hydrogens is 444 g/mol. The summed E-state index contributed by atoms with van der Waals surface area (Å²) in [6.45, 7) is 0. The Morgan fingerprint density at radius 2 is 1.87 bits per heavy atom. The van der Waals surface area contributed by atoms with Gasteiger partial charge in [0.1, 0.15) is 0 Å². The molecule has 1 aliphatic rings. The molecule has 1 unspecified atom stereocenters. The Bertz CT molecular complexity index is 1150. The van der Waals surface area contributed by atoms with Crippen LogP contribution in [0, 0.1) is 0 Å². The fraction of sp³-hybridized carbons (Fsp3) is 0.250. The quantitative estimate of drug-likeness (QED) is 0.566. The third-order valence-electron chi connectivity index (χ3n) is 4.68. The predicted octanol–water partition coefficient (Wildman–Crippen LogP) is 2.98. The van der Waals surface area contributed by atoms with E-state index in [4.69, 9.17) is 11.6 Å². The summed E-state index contributed by atoms with van der Waals surface area (Å²) < 4.78 is 25.0. The second-order valence-corrected chi connectivity index (χ2v) is 10.5. The maximum atomic E-state index is 12.3. The monoisotopic (exact) mass is 462 g/mol. The fourth-order valence-electron chi connectivity index (χ4n) is 3.27. The van der Waals surface area contributed by atoms with Gasteiger partial charge < -0.3 is 5.32 Å². The van der Waals surface area contributed by atoms with Gasteiger partial charge >= 0.3 is 0 Å². The van der Waals surface area contributed by atoms with Crippen molar-refractivity contribution in [2.75, 3.05) is 17.3 Å². The average Bonchev–Trinajstić information content (AvgIpc) is 3.30. The molecule has 1 aliphatic heterocycles. The predicted molar refractivity (Wildman–Crippen MR) is 118 cm³/mol. The zero-order valence-electron chi connectivity index (χ0n) is 15.9. The van der Waals surface area contributed by atoms with Gasteiger partial charge in [-0.25, -0.2) is 8.42 Å². The van der Waals surface area contributed by atoms with Crippen LogP contribution in [-0.2, 0) is 14.6 Å². The molecule has 0 spiro atoms. The van der Waals surface area contributed by atoms with Gasteiger partial charge in [0.25, 0.3) is 0 Å². The molecule has 30 heavy (non-hydrogen) atoms. The van der Waals surface area contributed by atoms with Crippen LogP contribution in [0.3, 0.4) is 0 Å². The minimum absolute atomic E-state index is 0.00429. The Balaban J connectivity index is 1.54. The molecule has 1 fully saturated rings. The Hall–Kier alpha value is -2.36. The van der Waals surface area contributed by atoms with Gasteiger partial charge in [-0.05, 0) is 42.8 Å². The lowest BCUT2D eigenvalue weighted by Gasteiger charge is -2.12. The van der Waals surface area contributed by atoms with Crippen LogP contribution >= 0.6 is 23.4 Å². The van der Waals surface area contributed by atoms with Gasteiger partial charge in [-0.2, -0.15) is 0 Å². The first kappa shape index (κ1) is 20.9. The van der Waals surface area contributed by atoms with Crippen molar-refractivity contribution in [3.63, 3.8) is 0 Å². The van der Waals surface area contributed by atoms with E-state index in [-0.39, 0.29) is 29.2 Å². The molecule has 3 aromatic rings. The molecule has 10 heteroatoms. The standard InChI is InChI=1S/C20H19ClN4O3S2/c21-15-8-6-14(7-9-15)19-23-24-20(25(19)17-4-2-1-3-5-17)29-12-18(26)22-16-10-11-30(27,28)13-16/h1-9,16H,10-13H2,(H,22,26). The Labute approximate surface area is 183 Å². The number of thioether (sulfide) groups is 1. The maximum Gasteiger partial charge on any atom is 0.230 e. The van der Waals surface area contributed by atoms with Crippen LogP contribution in [0.25, 0.3) is 17.1 Å². The van der Waals surface area contributed by atoms with Crippen molar-refractivity contribution in [3.05, 3.63) is 59.6 Å². The second kappa shape index (κ2) is 8.79. The van der Waals surface area contributed by atoms with Gasteiger partial charge in [0.05, 0.1) is 17.3 Å². The number of rotatable bonds is 6. The van der Waals surface area contributed by atoms with Crippen molar-refractivity contribution in [2.24, 2.45) is 0 Å². The molecule has 7 nitrogen and oxygen atoms in total. The van der Waals surface area contributed by atoms with Crippen LogP contribution in [0.15, 0.2) is 59.8 Å². The molecule has 156 valence electrons. The van der Waals surface area contributed by atoms with E-state index in [9.17, 15) is 13.2 Å². The number of sulfone groups is 1. The molecule has 4 rings (SSSR count). The number of halogens is 1. The van der Waals surface area contributed by atoms with Crippen LogP contribution in [0.5, 0.6) is 0 Å². The van der Waals surface area contributed by atoms with Crippen molar-refractivity contribution in [3.8, 4) is 17.1 Å². The number of aromatic nitrogens is 3. The Kier molecular flexibility index (Phi) is 6.12. The minimum Gasteiger partial charge on any atom is -0.352 e. The van der Waals surface area contributed by atoms with Gasteiger partial charge in [0.15, 0.2) is 20.8 Å². The first-order chi connectivity index (χ1) is 14.4. The highest BCUT2D eigenvalue weighted by Crippen LogP contribution is 2.28. The SMILES string of the molecule is O=C(CSc1nnc(-c2ccc(Cl)cc2)n1-c1ccccc1)NC1CCS(=O)(=O)C1. The molecule has 0 bridgehead atoms. The van der Waals surface area contributed by atoms with Gasteiger partial charge in [-0.15, -0.1) is 10.2 Å². The molecule has 1 aromatic heterocycles. The third-order valence-corrected chi connectivity index (χ3v) is 7.63. The van der Waals surface area contributed by atoms with Crippen molar-refractivity contribution in [1.82, 2.24) is 20.1 Å². The topological polar surface area (TPSA) is 93.9 Å². The van der Waals surface area contributed by atoms with Crippen LogP contribution in [0.1, 0.15) is 6.42 Å². The van der Waals surface area contributed by atoms with Gasteiger partial charge in [-0.3, -0.25) is 9.36 Å². The van der Waals surface area contributed by atoms with E-state index in [1.165, 1.54) is 11.8 Å². The third kappa shape index (κ3) is 4.85. The fourth-order valence-corrected chi connectivity index (χ4v) is 5.83. The largest absolute Gasteiger partial charge is 0.352 e. The molecule has 0 saturated carbocycles. The lowest BCUT2D eigenvalue weighted by atomic mass is 10.2. The number of nitrogens with one attached hydrogen (secondary N) is 1. The van der Waals surface area contributed by atoms with Gasteiger partial charge in [0, 0.05) is 22.3 Å². The summed E-state index contributed by atoms with van der Waals surface area (Å²) in [7, 11) is -3.04. The summed E-state index contributed by atoms with van der Waals surface area (Å²) in [4.78, 5) is 12.3. The molecule has 1 atom stereocenters. The maximum absolute atomic E-state index is 12.3. The first-order valence-electron chi connectivity index (χ1n) is 9.31. The van der Waals surface area contributed by atoms with Gasteiger partial charge in [0.2, 0.25) is 5.91 Å². The number of hydrogen-bond donors (Lipinski definition) is 1. The van der Waals surface area contributed by atoms with Crippen molar-refractivity contribution >= 4 is 39.1 Å². The lowest BCUT2D eigenvalue weighted by Crippen LogP contribution is -2.36. The van der Waals surface area contributed by atoms with E-state index in [0.29, 0.717) is 22.4 Å². The summed E-state index contributed by atoms with van der Waals surface area (Å²) in [5.74, 6) is 0.657. The number of carbonyl (C=O) groups is 1. The summed E-state index contributed by atoms with van der Waals surface area (Å²) in [6, 6.07) is 16.6.